The van der Waals surface area contributed by atoms with Crippen LogP contribution in [-0.4, -0.2) is 24.8 Å². The lowest BCUT2D eigenvalue weighted by atomic mass is 10.1. The number of hydrogen-bond donors (Lipinski definition) is 0. The van der Waals surface area contributed by atoms with Gasteiger partial charge in [0.05, 0.1) is 13.2 Å². The number of ether oxygens (including phenoxy) is 2. The summed E-state index contributed by atoms with van der Waals surface area (Å²) >= 11 is 0. The summed E-state index contributed by atoms with van der Waals surface area (Å²) in [5, 5.41) is 0. The predicted octanol–water partition coefficient (Wildman–Crippen LogP) is 8.11. The SMILES string of the molecule is O=C(/C=C/c1cccc(OCCCCCOc2cccc(/C=C/C(=O)c3ccccc3)c2)c1)c1ccccc1. The van der Waals surface area contributed by atoms with Gasteiger partial charge in [-0.3, -0.25) is 9.59 Å². The van der Waals surface area contributed by atoms with Gasteiger partial charge in [-0.05, 0) is 66.8 Å². The van der Waals surface area contributed by atoms with Crippen molar-refractivity contribution < 1.29 is 19.1 Å². The largest absolute Gasteiger partial charge is 0.494 e. The number of benzene rings is 4. The Morgan fingerprint density at radius 1 is 0.513 bits per heavy atom. The van der Waals surface area contributed by atoms with E-state index < -0.39 is 0 Å². The maximum atomic E-state index is 12.3. The number of ketones is 2. The van der Waals surface area contributed by atoms with E-state index in [4.69, 9.17) is 9.47 Å². The third-order valence-electron chi connectivity index (χ3n) is 6.01. The lowest BCUT2D eigenvalue weighted by Crippen LogP contribution is -2.01. The zero-order valence-electron chi connectivity index (χ0n) is 21.9. The molecule has 4 heteroatoms. The van der Waals surface area contributed by atoms with Crippen LogP contribution in [0.2, 0.25) is 0 Å². The first-order valence-electron chi connectivity index (χ1n) is 13.2. The Balaban J connectivity index is 1.14. The molecule has 0 fully saturated rings. The molecule has 0 bridgehead atoms. The van der Waals surface area contributed by atoms with Crippen molar-refractivity contribution in [2.24, 2.45) is 0 Å². The summed E-state index contributed by atoms with van der Waals surface area (Å²) < 4.78 is 11.8. The van der Waals surface area contributed by atoms with Crippen LogP contribution in [0.5, 0.6) is 11.5 Å². The van der Waals surface area contributed by atoms with Crippen molar-refractivity contribution >= 4 is 23.7 Å². The van der Waals surface area contributed by atoms with Crippen molar-refractivity contribution in [1.29, 1.82) is 0 Å². The van der Waals surface area contributed by atoms with Crippen molar-refractivity contribution in [1.82, 2.24) is 0 Å². The monoisotopic (exact) mass is 516 g/mol. The zero-order valence-corrected chi connectivity index (χ0v) is 21.9. The van der Waals surface area contributed by atoms with Crippen molar-refractivity contribution in [2.45, 2.75) is 19.3 Å². The van der Waals surface area contributed by atoms with E-state index in [1.807, 2.05) is 121 Å². The lowest BCUT2D eigenvalue weighted by Gasteiger charge is -2.08. The Morgan fingerprint density at radius 2 is 0.949 bits per heavy atom. The van der Waals surface area contributed by atoms with Crippen LogP contribution in [0.15, 0.2) is 121 Å². The second kappa shape index (κ2) is 14.9. The fourth-order valence-electron chi connectivity index (χ4n) is 3.92. The van der Waals surface area contributed by atoms with Gasteiger partial charge < -0.3 is 9.47 Å². The fraction of sp³-hybridized carbons (Fsp3) is 0.143. The molecule has 0 heterocycles. The molecule has 0 saturated heterocycles. The van der Waals surface area contributed by atoms with Crippen LogP contribution in [0.3, 0.4) is 0 Å². The summed E-state index contributed by atoms with van der Waals surface area (Å²) in [7, 11) is 0. The number of allylic oxidation sites excluding steroid dienone is 2. The molecule has 0 N–H and O–H groups in total. The maximum Gasteiger partial charge on any atom is 0.185 e. The Labute approximate surface area is 230 Å². The van der Waals surface area contributed by atoms with Crippen molar-refractivity contribution in [3.05, 3.63) is 144 Å². The van der Waals surface area contributed by atoms with Gasteiger partial charge in [0.15, 0.2) is 11.6 Å². The third kappa shape index (κ3) is 9.28. The highest BCUT2D eigenvalue weighted by Crippen LogP contribution is 2.17. The van der Waals surface area contributed by atoms with E-state index in [-0.39, 0.29) is 11.6 Å². The minimum absolute atomic E-state index is 0.0227. The Morgan fingerprint density at radius 3 is 1.38 bits per heavy atom. The highest BCUT2D eigenvalue weighted by atomic mass is 16.5. The first-order valence-corrected chi connectivity index (χ1v) is 13.2. The molecule has 0 saturated carbocycles. The summed E-state index contributed by atoms with van der Waals surface area (Å²) in [5.41, 5.74) is 3.19. The highest BCUT2D eigenvalue weighted by molar-refractivity contribution is 6.07. The molecule has 0 aliphatic carbocycles. The molecular weight excluding hydrogens is 484 g/mol. The van der Waals surface area contributed by atoms with Gasteiger partial charge in [0.1, 0.15) is 11.5 Å². The molecule has 0 unspecified atom stereocenters. The molecule has 39 heavy (non-hydrogen) atoms. The molecule has 4 nitrogen and oxygen atoms in total. The maximum absolute atomic E-state index is 12.3. The van der Waals surface area contributed by atoms with Gasteiger partial charge in [-0.2, -0.15) is 0 Å². The Bertz CT molecular complexity index is 1300. The molecule has 0 aliphatic heterocycles. The normalized spacial score (nSPS) is 11.1. The average molecular weight is 517 g/mol. The van der Waals surface area contributed by atoms with E-state index in [0.717, 1.165) is 41.9 Å². The van der Waals surface area contributed by atoms with Crippen molar-refractivity contribution in [3.63, 3.8) is 0 Å². The first kappa shape index (κ1) is 27.3. The standard InChI is InChI=1S/C35H32O4/c36-34(30-14-4-1-5-15-30)22-20-28-12-10-18-32(26-28)38-24-8-3-9-25-39-33-19-11-13-29(27-33)21-23-35(37)31-16-6-2-7-17-31/h1-2,4-7,10-23,26-27H,3,8-9,24-25H2/b22-20+,23-21+. The van der Waals surface area contributed by atoms with Gasteiger partial charge >= 0.3 is 0 Å². The van der Waals surface area contributed by atoms with Crippen LogP contribution in [0.25, 0.3) is 12.2 Å². The molecule has 4 aromatic rings. The summed E-state index contributed by atoms with van der Waals surface area (Å²) in [6.45, 7) is 1.23. The smallest absolute Gasteiger partial charge is 0.185 e. The van der Waals surface area contributed by atoms with E-state index in [2.05, 4.69) is 0 Å². The zero-order chi connectivity index (χ0) is 27.1. The van der Waals surface area contributed by atoms with Gasteiger partial charge in [0.2, 0.25) is 0 Å². The quantitative estimate of drug-likeness (QED) is 0.0965. The topological polar surface area (TPSA) is 52.6 Å². The summed E-state index contributed by atoms with van der Waals surface area (Å²) in [6, 6.07) is 33.9. The summed E-state index contributed by atoms with van der Waals surface area (Å²) in [6.07, 6.45) is 9.61. The predicted molar refractivity (Wildman–Crippen MR) is 157 cm³/mol. The lowest BCUT2D eigenvalue weighted by molar-refractivity contribution is 0.103. The fourth-order valence-corrected chi connectivity index (χ4v) is 3.92. The summed E-state index contributed by atoms with van der Waals surface area (Å²) in [4.78, 5) is 24.5. The average Bonchev–Trinajstić information content (AvgIpc) is 2.99. The Kier molecular flexibility index (Phi) is 10.4. The van der Waals surface area contributed by atoms with Crippen LogP contribution < -0.4 is 9.47 Å². The molecule has 0 radical (unpaired) electrons. The van der Waals surface area contributed by atoms with E-state index >= 15 is 0 Å². The molecule has 4 aromatic carbocycles. The minimum atomic E-state index is -0.0227. The molecular formula is C35H32O4. The number of carbonyl (C=O) groups excluding carboxylic acids is 2. The molecule has 0 atom stereocenters. The minimum Gasteiger partial charge on any atom is -0.494 e. The third-order valence-corrected chi connectivity index (χ3v) is 6.01. The van der Waals surface area contributed by atoms with Gasteiger partial charge in [-0.1, -0.05) is 97.1 Å². The van der Waals surface area contributed by atoms with E-state index in [0.29, 0.717) is 24.3 Å². The van der Waals surface area contributed by atoms with Gasteiger partial charge in [-0.25, -0.2) is 0 Å². The van der Waals surface area contributed by atoms with E-state index in [1.54, 1.807) is 12.2 Å². The number of hydrogen-bond acceptors (Lipinski definition) is 4. The van der Waals surface area contributed by atoms with Gasteiger partial charge in [0, 0.05) is 11.1 Å². The van der Waals surface area contributed by atoms with Crippen LogP contribution >= 0.6 is 0 Å². The van der Waals surface area contributed by atoms with Gasteiger partial charge in [0.25, 0.3) is 0 Å². The molecule has 196 valence electrons. The van der Waals surface area contributed by atoms with Gasteiger partial charge in [-0.15, -0.1) is 0 Å². The van der Waals surface area contributed by atoms with Crippen LogP contribution in [0.1, 0.15) is 51.1 Å². The second-order valence-electron chi connectivity index (χ2n) is 9.03. The van der Waals surface area contributed by atoms with E-state index in [1.165, 1.54) is 0 Å². The second-order valence-corrected chi connectivity index (χ2v) is 9.03. The first-order chi connectivity index (χ1) is 19.2. The number of unbranched alkanes of at least 4 members (excludes halogenated alkanes) is 2. The van der Waals surface area contributed by atoms with Crippen LogP contribution in [0.4, 0.5) is 0 Å². The molecule has 0 amide bonds. The molecule has 0 aliphatic rings. The van der Waals surface area contributed by atoms with Crippen molar-refractivity contribution in [2.75, 3.05) is 13.2 Å². The summed E-state index contributed by atoms with van der Waals surface area (Å²) in [5.74, 6) is 1.53. The van der Waals surface area contributed by atoms with E-state index in [9.17, 15) is 9.59 Å². The number of carbonyl (C=O) groups is 2. The molecule has 0 aromatic heterocycles. The van der Waals surface area contributed by atoms with Crippen LogP contribution in [-0.2, 0) is 0 Å². The van der Waals surface area contributed by atoms with Crippen LogP contribution in [0, 0.1) is 0 Å². The highest BCUT2D eigenvalue weighted by Gasteiger charge is 2.02. The molecule has 4 rings (SSSR count). The van der Waals surface area contributed by atoms with Crippen molar-refractivity contribution in [3.8, 4) is 11.5 Å². The number of rotatable bonds is 14. The molecule has 0 spiro atoms. The Hall–Kier alpha value is -4.70.